The Balaban J connectivity index is 1.18. The summed E-state index contributed by atoms with van der Waals surface area (Å²) in [7, 11) is 1.32. The van der Waals surface area contributed by atoms with E-state index in [0.29, 0.717) is 29.4 Å². The van der Waals surface area contributed by atoms with Gasteiger partial charge in [-0.1, -0.05) is 12.1 Å². The molecular formula is C29H30FNO4. The number of ketones is 1. The number of fused-ring (bicyclic) bond motifs is 1. The summed E-state index contributed by atoms with van der Waals surface area (Å²) in [4.78, 5) is 28.7. The van der Waals surface area contributed by atoms with Gasteiger partial charge in [-0.25, -0.2) is 9.18 Å². The number of Topliss-reactive ketones (excluding diaryl/α,β-unsaturated/α-hetero) is 1. The summed E-state index contributed by atoms with van der Waals surface area (Å²) in [5.74, 6) is 0.771. The second-order valence-electron chi connectivity index (χ2n) is 10.1. The number of carbonyl (C=O) groups is 2. The van der Waals surface area contributed by atoms with Crippen molar-refractivity contribution in [2.45, 2.75) is 51.4 Å². The maximum atomic E-state index is 14.3. The van der Waals surface area contributed by atoms with E-state index in [0.717, 1.165) is 48.6 Å². The molecule has 1 heterocycles. The van der Waals surface area contributed by atoms with Crippen molar-refractivity contribution in [2.75, 3.05) is 13.7 Å². The lowest BCUT2D eigenvalue weighted by atomic mass is 9.74. The lowest BCUT2D eigenvalue weighted by molar-refractivity contribution is -0.142. The summed E-state index contributed by atoms with van der Waals surface area (Å²) in [5.41, 5.74) is 3.75. The average molecular weight is 476 g/mol. The normalized spacial score (nSPS) is 23.3. The number of aryl methyl sites for hydroxylation is 1. The van der Waals surface area contributed by atoms with Crippen LogP contribution in [-0.4, -0.2) is 30.5 Å². The number of methoxy groups -OCH3 is 1. The maximum absolute atomic E-state index is 14.3. The number of pyridine rings is 1. The molecule has 5 rings (SSSR count). The third-order valence-corrected chi connectivity index (χ3v) is 7.94. The third kappa shape index (κ3) is 4.79. The predicted octanol–water partition coefficient (Wildman–Crippen LogP) is 5.71. The lowest BCUT2D eigenvalue weighted by Crippen LogP contribution is -2.20. The fraction of sp³-hybridized carbons (Fsp3) is 0.414. The van der Waals surface area contributed by atoms with Crippen molar-refractivity contribution in [3.05, 3.63) is 71.2 Å². The van der Waals surface area contributed by atoms with Crippen LogP contribution in [0.5, 0.6) is 5.75 Å². The molecule has 0 amide bonds. The molecule has 1 aromatic heterocycles. The summed E-state index contributed by atoms with van der Waals surface area (Å²) >= 11 is 0. The van der Waals surface area contributed by atoms with Gasteiger partial charge >= 0.3 is 5.97 Å². The topological polar surface area (TPSA) is 65.5 Å². The zero-order valence-corrected chi connectivity index (χ0v) is 20.2. The van der Waals surface area contributed by atoms with Gasteiger partial charge in [0.05, 0.1) is 12.6 Å². The highest BCUT2D eigenvalue weighted by molar-refractivity contribution is 5.87. The van der Waals surface area contributed by atoms with Crippen molar-refractivity contribution in [2.24, 2.45) is 11.3 Å². The molecule has 1 unspecified atom stereocenters. The number of aromatic nitrogens is 1. The van der Waals surface area contributed by atoms with Crippen molar-refractivity contribution >= 4 is 22.7 Å². The second-order valence-corrected chi connectivity index (χ2v) is 10.1. The van der Waals surface area contributed by atoms with Gasteiger partial charge in [-0.3, -0.25) is 9.78 Å². The zero-order valence-electron chi connectivity index (χ0n) is 20.2. The van der Waals surface area contributed by atoms with Gasteiger partial charge in [-0.2, -0.15) is 0 Å². The molecule has 3 aromatic rings. The maximum Gasteiger partial charge on any atom is 0.343 e. The molecule has 2 saturated carbocycles. The fourth-order valence-corrected chi connectivity index (χ4v) is 5.74. The number of carbonyl (C=O) groups excluding carboxylic acids is 2. The van der Waals surface area contributed by atoms with E-state index in [1.54, 1.807) is 25.1 Å². The first-order valence-electron chi connectivity index (χ1n) is 12.2. The number of esters is 1. The molecule has 35 heavy (non-hydrogen) atoms. The Morgan fingerprint density at radius 2 is 1.86 bits per heavy atom. The molecule has 1 atom stereocenters. The van der Waals surface area contributed by atoms with E-state index < -0.39 is 5.97 Å². The van der Waals surface area contributed by atoms with Crippen LogP contribution in [0.4, 0.5) is 4.39 Å². The molecule has 0 radical (unpaired) electrons. The number of nitrogens with zero attached hydrogens (tertiary/aromatic N) is 1. The van der Waals surface area contributed by atoms with Gasteiger partial charge in [0.2, 0.25) is 0 Å². The molecule has 0 N–H and O–H groups in total. The van der Waals surface area contributed by atoms with E-state index in [2.05, 4.69) is 9.72 Å². The van der Waals surface area contributed by atoms with Gasteiger partial charge in [0.1, 0.15) is 17.3 Å². The average Bonchev–Trinajstić information content (AvgIpc) is 3.57. The van der Waals surface area contributed by atoms with Crippen LogP contribution in [0.15, 0.2) is 48.7 Å². The summed E-state index contributed by atoms with van der Waals surface area (Å²) in [6, 6.07) is 12.8. The Labute approximate surface area is 204 Å². The van der Waals surface area contributed by atoms with E-state index in [1.807, 2.05) is 30.5 Å². The smallest absolute Gasteiger partial charge is 0.343 e. The molecule has 2 aliphatic rings. The van der Waals surface area contributed by atoms with Crippen LogP contribution in [-0.2, 0) is 20.7 Å². The van der Waals surface area contributed by atoms with Crippen LogP contribution in [0.3, 0.4) is 0 Å². The van der Waals surface area contributed by atoms with Crippen LogP contribution in [0.2, 0.25) is 0 Å². The van der Waals surface area contributed by atoms with Gasteiger partial charge < -0.3 is 9.47 Å². The number of benzene rings is 2. The fourth-order valence-electron chi connectivity index (χ4n) is 5.74. The molecule has 0 saturated heterocycles. The molecule has 1 spiro atoms. The van der Waals surface area contributed by atoms with E-state index in [-0.39, 0.29) is 23.8 Å². The zero-order chi connectivity index (χ0) is 24.6. The second kappa shape index (κ2) is 9.40. The lowest BCUT2D eigenvalue weighted by Gasteiger charge is -2.30. The van der Waals surface area contributed by atoms with E-state index in [4.69, 9.17) is 4.74 Å². The quantitative estimate of drug-likeness (QED) is 0.410. The Morgan fingerprint density at radius 3 is 2.57 bits per heavy atom. The SMILES string of the molecule is COC(=O)COc1ccc(CC(=O)C2CC23CCC(c2ccnc4cc(C)c(F)cc24)CC3)cc1. The minimum Gasteiger partial charge on any atom is -0.482 e. The first-order chi connectivity index (χ1) is 16.9. The minimum absolute atomic E-state index is 0.132. The first kappa shape index (κ1) is 23.5. The van der Waals surface area contributed by atoms with Crippen LogP contribution in [0.1, 0.15) is 54.7 Å². The van der Waals surface area contributed by atoms with Crippen LogP contribution in [0.25, 0.3) is 10.9 Å². The Kier molecular flexibility index (Phi) is 6.30. The highest BCUT2D eigenvalue weighted by atomic mass is 19.1. The van der Waals surface area contributed by atoms with Crippen molar-refractivity contribution < 1.29 is 23.5 Å². The molecule has 5 nitrogen and oxygen atoms in total. The number of halogens is 1. The molecule has 0 aliphatic heterocycles. The third-order valence-electron chi connectivity index (χ3n) is 7.94. The Hall–Kier alpha value is -3.28. The van der Waals surface area contributed by atoms with Gasteiger partial charge in [-0.15, -0.1) is 0 Å². The molecule has 2 fully saturated rings. The van der Waals surface area contributed by atoms with Crippen molar-refractivity contribution in [1.29, 1.82) is 0 Å². The van der Waals surface area contributed by atoms with Gasteiger partial charge in [0.15, 0.2) is 6.61 Å². The number of rotatable bonds is 7. The van der Waals surface area contributed by atoms with Crippen molar-refractivity contribution in [1.82, 2.24) is 4.98 Å². The highest BCUT2D eigenvalue weighted by Gasteiger charge is 2.57. The summed E-state index contributed by atoms with van der Waals surface area (Å²) in [6.45, 7) is 1.63. The summed E-state index contributed by atoms with van der Waals surface area (Å²) in [6.07, 6.45) is 7.33. The standard InChI is InChI=1S/C29H30FNO4/c1-18-13-26-23(15-25(18)30)22(9-12-31-26)20-7-10-29(11-8-20)16-24(29)27(32)14-19-3-5-21(6-4-19)35-17-28(33)34-2/h3-6,9,12-13,15,20,24H,7-8,10-11,14,16-17H2,1-2H3. The van der Waals surface area contributed by atoms with E-state index in [1.165, 1.54) is 12.7 Å². The molecular weight excluding hydrogens is 445 g/mol. The largest absolute Gasteiger partial charge is 0.482 e. The Morgan fingerprint density at radius 1 is 1.11 bits per heavy atom. The summed E-state index contributed by atoms with van der Waals surface area (Å²) in [5, 5.41) is 0.916. The monoisotopic (exact) mass is 475 g/mol. The predicted molar refractivity (Wildman–Crippen MR) is 131 cm³/mol. The molecule has 2 aromatic carbocycles. The van der Waals surface area contributed by atoms with Gasteiger partial charge in [0, 0.05) is 23.9 Å². The molecule has 6 heteroatoms. The number of hydrogen-bond donors (Lipinski definition) is 0. The molecule has 2 aliphatic carbocycles. The summed E-state index contributed by atoms with van der Waals surface area (Å²) < 4.78 is 24.2. The van der Waals surface area contributed by atoms with Crippen LogP contribution < -0.4 is 4.74 Å². The van der Waals surface area contributed by atoms with Gasteiger partial charge in [-0.05, 0) is 97.4 Å². The van der Waals surface area contributed by atoms with Crippen molar-refractivity contribution in [3.8, 4) is 5.75 Å². The van der Waals surface area contributed by atoms with Gasteiger partial charge in [0.25, 0.3) is 0 Å². The minimum atomic E-state index is -0.433. The first-order valence-corrected chi connectivity index (χ1v) is 12.2. The van der Waals surface area contributed by atoms with Crippen molar-refractivity contribution in [3.63, 3.8) is 0 Å². The number of hydrogen-bond acceptors (Lipinski definition) is 5. The molecule has 182 valence electrons. The number of ether oxygens (including phenoxy) is 2. The highest BCUT2D eigenvalue weighted by Crippen LogP contribution is 2.63. The van der Waals surface area contributed by atoms with E-state index >= 15 is 0 Å². The van der Waals surface area contributed by atoms with E-state index in [9.17, 15) is 14.0 Å². The molecule has 0 bridgehead atoms. The van der Waals surface area contributed by atoms with Crippen LogP contribution in [0, 0.1) is 24.1 Å². The van der Waals surface area contributed by atoms with Crippen LogP contribution >= 0.6 is 0 Å². The Bertz CT molecular complexity index is 1260.